The van der Waals surface area contributed by atoms with Gasteiger partial charge in [-0.05, 0) is 28.8 Å². The molecule has 0 saturated carbocycles. The molecule has 19 heavy (non-hydrogen) atoms. The fraction of sp³-hybridized carbons (Fsp3) is 0.636. The van der Waals surface area contributed by atoms with Crippen molar-refractivity contribution in [2.45, 2.75) is 32.5 Å². The van der Waals surface area contributed by atoms with Crippen molar-refractivity contribution >= 4 is 21.4 Å². The summed E-state index contributed by atoms with van der Waals surface area (Å²) in [5, 5.41) is 3.36. The first-order chi connectivity index (χ1) is 8.74. The highest BCUT2D eigenvalue weighted by Crippen LogP contribution is 2.22. The average molecular weight is 315 g/mol. The van der Waals surface area contributed by atoms with E-state index in [1.807, 2.05) is 0 Å². The number of sulfonamides is 1. The third kappa shape index (κ3) is 5.92. The minimum Gasteiger partial charge on any atom is -0.212 e. The molecule has 110 valence electrons. The van der Waals surface area contributed by atoms with Gasteiger partial charge in [0.1, 0.15) is 6.54 Å². The number of rotatable bonds is 7. The molecule has 0 unspecified atom stereocenters. The topological polar surface area (TPSA) is 37.4 Å². The fourth-order valence-corrected chi connectivity index (χ4v) is 3.76. The molecule has 0 spiro atoms. The highest BCUT2D eigenvalue weighted by atomic mass is 32.2. The SMILES string of the molecule is CCCCS(=O)(=O)N(Cc1ccsc1)CC(F)(F)F. The lowest BCUT2D eigenvalue weighted by molar-refractivity contribution is -0.136. The van der Waals surface area contributed by atoms with Gasteiger partial charge < -0.3 is 0 Å². The van der Waals surface area contributed by atoms with Crippen LogP contribution in [0.2, 0.25) is 0 Å². The zero-order chi connectivity index (χ0) is 14.5. The summed E-state index contributed by atoms with van der Waals surface area (Å²) < 4.78 is 61.8. The molecule has 0 aliphatic heterocycles. The van der Waals surface area contributed by atoms with Gasteiger partial charge in [0.05, 0.1) is 5.75 Å². The Morgan fingerprint density at radius 3 is 2.53 bits per heavy atom. The van der Waals surface area contributed by atoms with E-state index >= 15 is 0 Å². The molecule has 0 aliphatic rings. The summed E-state index contributed by atoms with van der Waals surface area (Å²) in [4.78, 5) is 0. The van der Waals surface area contributed by atoms with E-state index in [2.05, 4.69) is 0 Å². The van der Waals surface area contributed by atoms with Crippen LogP contribution in [0.1, 0.15) is 25.3 Å². The summed E-state index contributed by atoms with van der Waals surface area (Å²) in [6.07, 6.45) is -3.55. The Labute approximate surface area is 115 Å². The standard InChI is InChI=1S/C11H16F3NO2S2/c1-2-3-6-19(16,17)15(9-11(12,13)14)7-10-4-5-18-8-10/h4-5,8H,2-3,6-7,9H2,1H3. The minimum atomic E-state index is -4.53. The number of halogens is 3. The van der Waals surface area contributed by atoms with Crippen LogP contribution in [0.4, 0.5) is 13.2 Å². The molecule has 1 aromatic rings. The van der Waals surface area contributed by atoms with Gasteiger partial charge >= 0.3 is 6.18 Å². The van der Waals surface area contributed by atoms with Gasteiger partial charge in [-0.3, -0.25) is 0 Å². The van der Waals surface area contributed by atoms with Gasteiger partial charge in [-0.15, -0.1) is 0 Å². The second-order valence-corrected chi connectivity index (χ2v) is 7.05. The normalized spacial score (nSPS) is 13.1. The monoisotopic (exact) mass is 315 g/mol. The molecule has 0 aliphatic carbocycles. The van der Waals surface area contributed by atoms with Crippen molar-refractivity contribution in [2.24, 2.45) is 0 Å². The molecule has 0 N–H and O–H groups in total. The molecule has 0 atom stereocenters. The van der Waals surface area contributed by atoms with E-state index in [0.717, 1.165) is 0 Å². The summed E-state index contributed by atoms with van der Waals surface area (Å²) in [5.74, 6) is -0.246. The van der Waals surface area contributed by atoms with Crippen LogP contribution < -0.4 is 0 Å². The smallest absolute Gasteiger partial charge is 0.212 e. The maximum Gasteiger partial charge on any atom is 0.402 e. The number of hydrogen-bond donors (Lipinski definition) is 0. The van der Waals surface area contributed by atoms with Crippen LogP contribution in [0.5, 0.6) is 0 Å². The second kappa shape index (κ2) is 6.71. The van der Waals surface area contributed by atoms with Crippen LogP contribution in [-0.4, -0.2) is 31.2 Å². The highest BCUT2D eigenvalue weighted by molar-refractivity contribution is 7.89. The van der Waals surface area contributed by atoms with Gasteiger partial charge in [-0.25, -0.2) is 8.42 Å². The Balaban J connectivity index is 2.85. The second-order valence-electron chi connectivity index (χ2n) is 4.18. The summed E-state index contributed by atoms with van der Waals surface area (Å²) in [6.45, 7) is 0.131. The molecule has 0 fully saturated rings. The summed E-state index contributed by atoms with van der Waals surface area (Å²) in [6, 6.07) is 1.63. The number of thiophene rings is 1. The van der Waals surface area contributed by atoms with Gasteiger partial charge in [0.15, 0.2) is 0 Å². The molecular weight excluding hydrogens is 299 g/mol. The lowest BCUT2D eigenvalue weighted by Crippen LogP contribution is -2.39. The number of alkyl halides is 3. The van der Waals surface area contributed by atoms with Crippen molar-refractivity contribution in [3.8, 4) is 0 Å². The van der Waals surface area contributed by atoms with Crippen molar-refractivity contribution in [2.75, 3.05) is 12.3 Å². The Morgan fingerprint density at radius 2 is 2.05 bits per heavy atom. The van der Waals surface area contributed by atoms with E-state index < -0.39 is 22.7 Å². The van der Waals surface area contributed by atoms with E-state index in [1.54, 1.807) is 23.8 Å². The molecule has 1 rings (SSSR count). The fourth-order valence-electron chi connectivity index (χ4n) is 1.49. The number of nitrogens with zero attached hydrogens (tertiary/aromatic N) is 1. The number of hydrogen-bond acceptors (Lipinski definition) is 3. The van der Waals surface area contributed by atoms with E-state index in [-0.39, 0.29) is 12.3 Å². The maximum atomic E-state index is 12.5. The van der Waals surface area contributed by atoms with Crippen LogP contribution in [0.15, 0.2) is 16.8 Å². The summed E-state index contributed by atoms with van der Waals surface area (Å²) in [7, 11) is -3.88. The van der Waals surface area contributed by atoms with E-state index in [0.29, 0.717) is 22.7 Å². The van der Waals surface area contributed by atoms with Crippen LogP contribution in [-0.2, 0) is 16.6 Å². The first kappa shape index (κ1) is 16.5. The van der Waals surface area contributed by atoms with Crippen molar-refractivity contribution < 1.29 is 21.6 Å². The van der Waals surface area contributed by atoms with Crippen LogP contribution in [0, 0.1) is 0 Å². The van der Waals surface area contributed by atoms with Crippen molar-refractivity contribution in [3.05, 3.63) is 22.4 Å². The molecule has 0 amide bonds. The van der Waals surface area contributed by atoms with Crippen LogP contribution >= 0.6 is 11.3 Å². The molecule has 0 aromatic carbocycles. The Kier molecular flexibility index (Phi) is 5.82. The first-order valence-corrected chi connectivity index (χ1v) is 8.35. The molecule has 0 bridgehead atoms. The molecule has 3 nitrogen and oxygen atoms in total. The lowest BCUT2D eigenvalue weighted by Gasteiger charge is -2.23. The molecule has 0 saturated heterocycles. The van der Waals surface area contributed by atoms with Crippen molar-refractivity contribution in [3.63, 3.8) is 0 Å². The van der Waals surface area contributed by atoms with Gasteiger partial charge in [0, 0.05) is 6.54 Å². The quantitative estimate of drug-likeness (QED) is 0.774. The summed E-state index contributed by atoms with van der Waals surface area (Å²) in [5.41, 5.74) is 0.578. The molecule has 0 radical (unpaired) electrons. The Hall–Kier alpha value is -0.600. The Bertz CT molecular complexity index is 469. The molecule has 1 heterocycles. The molecule has 8 heteroatoms. The van der Waals surface area contributed by atoms with E-state index in [4.69, 9.17) is 0 Å². The van der Waals surface area contributed by atoms with E-state index in [1.165, 1.54) is 11.3 Å². The predicted molar refractivity (Wildman–Crippen MR) is 69.5 cm³/mol. The molecule has 1 aromatic heterocycles. The van der Waals surface area contributed by atoms with Crippen LogP contribution in [0.3, 0.4) is 0 Å². The lowest BCUT2D eigenvalue weighted by atomic mass is 10.3. The van der Waals surface area contributed by atoms with Gasteiger partial charge in [-0.1, -0.05) is 13.3 Å². The molecular formula is C11H16F3NO2S2. The average Bonchev–Trinajstić information content (AvgIpc) is 2.76. The largest absolute Gasteiger partial charge is 0.402 e. The third-order valence-electron chi connectivity index (χ3n) is 2.44. The predicted octanol–water partition coefficient (Wildman–Crippen LogP) is 3.24. The van der Waals surface area contributed by atoms with Crippen molar-refractivity contribution in [1.29, 1.82) is 0 Å². The Morgan fingerprint density at radius 1 is 1.37 bits per heavy atom. The van der Waals surface area contributed by atoms with Gasteiger partial charge in [0.2, 0.25) is 10.0 Å². The summed E-state index contributed by atoms with van der Waals surface area (Å²) >= 11 is 1.33. The highest BCUT2D eigenvalue weighted by Gasteiger charge is 2.36. The van der Waals surface area contributed by atoms with E-state index in [9.17, 15) is 21.6 Å². The first-order valence-electron chi connectivity index (χ1n) is 5.80. The van der Waals surface area contributed by atoms with Gasteiger partial charge in [-0.2, -0.15) is 28.8 Å². The number of unbranched alkanes of at least 4 members (excludes halogenated alkanes) is 1. The van der Waals surface area contributed by atoms with Crippen LogP contribution in [0.25, 0.3) is 0 Å². The van der Waals surface area contributed by atoms with Crippen molar-refractivity contribution in [1.82, 2.24) is 4.31 Å². The van der Waals surface area contributed by atoms with Gasteiger partial charge in [0.25, 0.3) is 0 Å². The zero-order valence-electron chi connectivity index (χ0n) is 10.5. The third-order valence-corrected chi connectivity index (χ3v) is 5.03. The zero-order valence-corrected chi connectivity index (χ0v) is 12.1. The maximum absolute atomic E-state index is 12.5. The minimum absolute atomic E-state index is 0.227.